The number of hydrogen-bond donors (Lipinski definition) is 2. The van der Waals surface area contributed by atoms with Crippen LogP contribution in [0.15, 0.2) is 48.8 Å². The Hall–Kier alpha value is -2.51. The van der Waals surface area contributed by atoms with E-state index < -0.39 is 0 Å². The fourth-order valence-corrected chi connectivity index (χ4v) is 3.45. The summed E-state index contributed by atoms with van der Waals surface area (Å²) in [6.07, 6.45) is 7.86. The molecule has 2 heterocycles. The lowest BCUT2D eigenvalue weighted by Crippen LogP contribution is -2.51. The number of benzene rings is 1. The molecule has 2 N–H and O–H groups in total. The molecular weight excluding hydrogens is 372 g/mol. The van der Waals surface area contributed by atoms with Gasteiger partial charge in [-0.1, -0.05) is 19.4 Å². The van der Waals surface area contributed by atoms with Crippen molar-refractivity contribution in [2.75, 3.05) is 13.2 Å². The van der Waals surface area contributed by atoms with Gasteiger partial charge in [0.05, 0.1) is 12.6 Å². The largest absolute Gasteiger partial charge is 0.494 e. The van der Waals surface area contributed by atoms with Gasteiger partial charge in [-0.25, -0.2) is 5.01 Å². The average molecular weight is 399 g/mol. The maximum absolute atomic E-state index is 12.5. The molecule has 0 bridgehead atoms. The highest BCUT2D eigenvalue weighted by Crippen LogP contribution is 2.28. The van der Waals surface area contributed by atoms with Crippen LogP contribution >= 0.6 is 12.2 Å². The predicted octanol–water partition coefficient (Wildman–Crippen LogP) is 3.62. The summed E-state index contributed by atoms with van der Waals surface area (Å²) in [5.74, 6) is 0.515. The smallest absolute Gasteiger partial charge is 0.257 e. The Morgan fingerprint density at radius 1 is 1.29 bits per heavy atom. The highest BCUT2D eigenvalue weighted by Gasteiger charge is 2.25. The second-order valence-corrected chi connectivity index (χ2v) is 7.17. The molecular formula is C21H26N4O2S. The number of carbonyl (C=O) groups is 1. The van der Waals surface area contributed by atoms with Crippen LogP contribution in [-0.2, 0) is 0 Å². The van der Waals surface area contributed by atoms with E-state index in [1.54, 1.807) is 30.5 Å². The Morgan fingerprint density at radius 2 is 2.11 bits per heavy atom. The normalized spacial score (nSPS) is 17.0. The van der Waals surface area contributed by atoms with Gasteiger partial charge in [-0.2, -0.15) is 0 Å². The number of hydrogen-bond acceptors (Lipinski definition) is 5. The van der Waals surface area contributed by atoms with Crippen molar-refractivity contribution in [3.63, 3.8) is 0 Å². The number of amides is 1. The number of pyridine rings is 1. The number of thiocarbonyl (C=S) groups is 1. The second-order valence-electron chi connectivity index (χ2n) is 6.76. The third-order valence-electron chi connectivity index (χ3n) is 4.63. The highest BCUT2D eigenvalue weighted by molar-refractivity contribution is 7.80. The van der Waals surface area contributed by atoms with Crippen LogP contribution in [-0.4, -0.2) is 34.2 Å². The standard InChI is InChI=1S/C21H26N4O2S/c1-2-14-27-18-10-8-16(9-11-18)20(26)23-21(28)24-25-13-4-3-7-19(25)17-6-5-12-22-15-17/h5-6,8-12,15,19H,2-4,7,13-14H2,1H3,(H2,23,24,26,28)/t19-/m1/s1. The van der Waals surface area contributed by atoms with Gasteiger partial charge in [0.15, 0.2) is 5.11 Å². The molecule has 1 amide bonds. The van der Waals surface area contributed by atoms with Gasteiger partial charge in [0.25, 0.3) is 5.91 Å². The molecule has 0 aliphatic carbocycles. The third kappa shape index (κ3) is 5.50. The molecule has 28 heavy (non-hydrogen) atoms. The molecule has 1 aromatic heterocycles. The van der Waals surface area contributed by atoms with Crippen molar-refractivity contribution in [2.24, 2.45) is 0 Å². The van der Waals surface area contributed by atoms with Gasteiger partial charge in [-0.3, -0.25) is 20.5 Å². The minimum absolute atomic E-state index is 0.187. The zero-order valence-corrected chi connectivity index (χ0v) is 16.9. The second kappa shape index (κ2) is 10.1. The van der Waals surface area contributed by atoms with Crippen LogP contribution < -0.4 is 15.5 Å². The molecule has 1 aliphatic heterocycles. The number of nitrogens with zero attached hydrogens (tertiary/aromatic N) is 2. The number of aromatic nitrogens is 1. The molecule has 6 nitrogen and oxygen atoms in total. The summed E-state index contributed by atoms with van der Waals surface area (Å²) in [7, 11) is 0. The summed E-state index contributed by atoms with van der Waals surface area (Å²) >= 11 is 5.37. The molecule has 3 rings (SSSR count). The van der Waals surface area contributed by atoms with E-state index in [0.29, 0.717) is 17.3 Å². The molecule has 148 valence electrons. The van der Waals surface area contributed by atoms with Gasteiger partial charge in [0, 0.05) is 24.5 Å². The number of nitrogens with one attached hydrogen (secondary N) is 2. The maximum atomic E-state index is 12.5. The summed E-state index contributed by atoms with van der Waals surface area (Å²) in [5, 5.41) is 5.15. The van der Waals surface area contributed by atoms with E-state index >= 15 is 0 Å². The molecule has 1 atom stereocenters. The van der Waals surface area contributed by atoms with Gasteiger partial charge in [0.1, 0.15) is 5.75 Å². The van der Waals surface area contributed by atoms with E-state index in [9.17, 15) is 4.79 Å². The van der Waals surface area contributed by atoms with E-state index in [-0.39, 0.29) is 11.9 Å². The Labute approximate surface area is 171 Å². The third-order valence-corrected chi connectivity index (χ3v) is 4.83. The number of carbonyl (C=O) groups excluding carboxylic acids is 1. The van der Waals surface area contributed by atoms with Gasteiger partial charge < -0.3 is 4.74 Å². The Balaban J connectivity index is 1.57. The molecule has 1 fully saturated rings. The Morgan fingerprint density at radius 3 is 2.82 bits per heavy atom. The van der Waals surface area contributed by atoms with Gasteiger partial charge in [0.2, 0.25) is 0 Å². The number of rotatable bonds is 6. The molecule has 1 aliphatic rings. The van der Waals surface area contributed by atoms with Crippen LogP contribution in [0.3, 0.4) is 0 Å². The van der Waals surface area contributed by atoms with Crippen LogP contribution in [0.2, 0.25) is 0 Å². The van der Waals surface area contributed by atoms with Crippen LogP contribution in [0.25, 0.3) is 0 Å². The molecule has 0 unspecified atom stereocenters. The predicted molar refractivity (Wildman–Crippen MR) is 113 cm³/mol. The molecule has 1 aromatic carbocycles. The van der Waals surface area contributed by atoms with Gasteiger partial charge in [-0.05, 0) is 67.4 Å². The number of ether oxygens (including phenoxy) is 1. The summed E-state index contributed by atoms with van der Waals surface area (Å²) in [4.78, 5) is 16.7. The van der Waals surface area contributed by atoms with Crippen molar-refractivity contribution in [3.05, 3.63) is 59.9 Å². The Bertz CT molecular complexity index is 783. The average Bonchev–Trinajstić information content (AvgIpc) is 2.73. The van der Waals surface area contributed by atoms with Crippen LogP contribution in [0.4, 0.5) is 0 Å². The molecule has 0 radical (unpaired) electrons. The van der Waals surface area contributed by atoms with Crippen LogP contribution in [0.1, 0.15) is 54.6 Å². The lowest BCUT2D eigenvalue weighted by atomic mass is 9.98. The molecule has 1 saturated heterocycles. The van der Waals surface area contributed by atoms with E-state index in [2.05, 4.69) is 33.7 Å². The van der Waals surface area contributed by atoms with Crippen molar-refractivity contribution in [1.82, 2.24) is 20.7 Å². The Kier molecular flexibility index (Phi) is 7.33. The van der Waals surface area contributed by atoms with E-state index in [0.717, 1.165) is 43.5 Å². The monoisotopic (exact) mass is 398 g/mol. The number of piperidine rings is 1. The van der Waals surface area contributed by atoms with Gasteiger partial charge in [-0.15, -0.1) is 0 Å². The highest BCUT2D eigenvalue weighted by atomic mass is 32.1. The summed E-state index contributed by atoms with van der Waals surface area (Å²) in [5.41, 5.74) is 4.87. The van der Waals surface area contributed by atoms with Gasteiger partial charge >= 0.3 is 0 Å². The summed E-state index contributed by atoms with van der Waals surface area (Å²) in [6.45, 7) is 3.57. The van der Waals surface area contributed by atoms with Crippen molar-refractivity contribution in [2.45, 2.75) is 38.6 Å². The SMILES string of the molecule is CCCOc1ccc(C(=O)NC(=S)NN2CCCC[C@@H]2c2cccnc2)cc1. The summed E-state index contributed by atoms with van der Waals surface area (Å²) < 4.78 is 5.54. The van der Waals surface area contributed by atoms with Crippen LogP contribution in [0, 0.1) is 0 Å². The first-order valence-corrected chi connectivity index (χ1v) is 10.1. The fourth-order valence-electron chi connectivity index (χ4n) is 3.24. The lowest BCUT2D eigenvalue weighted by molar-refractivity contribution is 0.0957. The molecule has 7 heteroatoms. The maximum Gasteiger partial charge on any atom is 0.257 e. The minimum atomic E-state index is -0.241. The first-order chi connectivity index (χ1) is 13.7. The first kappa shape index (κ1) is 20.2. The van der Waals surface area contributed by atoms with Crippen molar-refractivity contribution < 1.29 is 9.53 Å². The van der Waals surface area contributed by atoms with Crippen molar-refractivity contribution in [1.29, 1.82) is 0 Å². The quantitative estimate of drug-likeness (QED) is 0.725. The minimum Gasteiger partial charge on any atom is -0.494 e. The zero-order chi connectivity index (χ0) is 19.8. The topological polar surface area (TPSA) is 66.5 Å². The van der Waals surface area contributed by atoms with Crippen molar-refractivity contribution >= 4 is 23.2 Å². The van der Waals surface area contributed by atoms with E-state index in [1.165, 1.54) is 0 Å². The lowest BCUT2D eigenvalue weighted by Gasteiger charge is -2.36. The molecule has 0 spiro atoms. The fraction of sp³-hybridized carbons (Fsp3) is 0.381. The van der Waals surface area contributed by atoms with Crippen LogP contribution in [0.5, 0.6) is 5.75 Å². The van der Waals surface area contributed by atoms with E-state index in [4.69, 9.17) is 17.0 Å². The summed E-state index contributed by atoms with van der Waals surface area (Å²) in [6, 6.07) is 11.3. The number of hydrazine groups is 1. The zero-order valence-electron chi connectivity index (χ0n) is 16.1. The first-order valence-electron chi connectivity index (χ1n) is 9.68. The molecule has 2 aromatic rings. The van der Waals surface area contributed by atoms with Crippen molar-refractivity contribution in [3.8, 4) is 5.75 Å². The van der Waals surface area contributed by atoms with E-state index in [1.807, 2.05) is 12.3 Å². The molecule has 0 saturated carbocycles.